The lowest BCUT2D eigenvalue weighted by molar-refractivity contribution is -0.0911. The first-order chi connectivity index (χ1) is 36.3. The van der Waals surface area contributed by atoms with Gasteiger partial charge >= 0.3 is 0 Å². The van der Waals surface area contributed by atoms with Crippen LogP contribution in [0.25, 0.3) is 11.0 Å². The van der Waals surface area contributed by atoms with Crippen molar-refractivity contribution in [2.75, 3.05) is 45.8 Å². The molecular formula is C58H66N7O9P. The van der Waals surface area contributed by atoms with Gasteiger partial charge in [0.15, 0.2) is 5.65 Å². The Hall–Kier alpha value is -6.88. The number of carbonyl (C=O) groups excluding carboxylic acids is 2. The lowest BCUT2D eigenvalue weighted by atomic mass is 9.80. The number of H-pyrrole nitrogens is 1. The summed E-state index contributed by atoms with van der Waals surface area (Å²) in [5, 5.41) is 13.1. The Kier molecular flexibility index (Phi) is 17.9. The number of benzene rings is 4. The van der Waals surface area contributed by atoms with Gasteiger partial charge in [-0.25, -0.2) is 4.67 Å². The fourth-order valence-electron chi connectivity index (χ4n) is 9.60. The van der Waals surface area contributed by atoms with Crippen molar-refractivity contribution >= 4 is 37.3 Å². The minimum atomic E-state index is -1.75. The predicted octanol–water partition coefficient (Wildman–Crippen LogP) is 10.2. The second-order valence-corrected chi connectivity index (χ2v) is 20.8. The highest BCUT2D eigenvalue weighted by Gasteiger charge is 2.45. The molecule has 0 radical (unpaired) electrons. The average Bonchev–Trinajstić information content (AvgIpc) is 4.07. The van der Waals surface area contributed by atoms with Crippen molar-refractivity contribution in [3.8, 4) is 29.4 Å². The Bertz CT molecular complexity index is 3000. The number of nitriles is 1. The number of fused-ring (bicyclic) bond motifs is 2. The van der Waals surface area contributed by atoms with Crippen molar-refractivity contribution in [1.29, 1.82) is 5.26 Å². The molecule has 1 fully saturated rings. The van der Waals surface area contributed by atoms with E-state index in [9.17, 15) is 19.6 Å². The molecule has 2 aliphatic rings. The molecule has 4 aromatic carbocycles. The number of carbonyl (C=O) groups is 2. The lowest BCUT2D eigenvalue weighted by Gasteiger charge is -2.39. The number of methoxy groups -OCH3 is 2. The summed E-state index contributed by atoms with van der Waals surface area (Å²) in [6.45, 7) is 13.4. The fraction of sp³-hybridized carbons (Fsp3) is 0.397. The summed E-state index contributed by atoms with van der Waals surface area (Å²) in [6, 6.07) is 34.7. The summed E-state index contributed by atoms with van der Waals surface area (Å²) in [4.78, 5) is 49.5. The number of nitrogens with one attached hydrogen (secondary N) is 2. The van der Waals surface area contributed by atoms with Gasteiger partial charge in [0.2, 0.25) is 5.95 Å². The van der Waals surface area contributed by atoms with Crippen LogP contribution in [0.4, 0.5) is 5.95 Å². The lowest BCUT2D eigenvalue weighted by Crippen LogP contribution is -2.39. The number of hydrogen-bond donors (Lipinski definition) is 2. The zero-order chi connectivity index (χ0) is 53.2. The number of amides is 2. The molecule has 392 valence electrons. The van der Waals surface area contributed by atoms with Crippen LogP contribution in [0.1, 0.15) is 116 Å². The summed E-state index contributed by atoms with van der Waals surface area (Å²) in [5.41, 5.74) is 2.58. The number of ether oxygens (including phenoxy) is 4. The highest BCUT2D eigenvalue weighted by atomic mass is 31.2. The smallest absolute Gasteiger partial charge is 0.263 e. The molecule has 75 heavy (non-hydrogen) atoms. The first kappa shape index (κ1) is 54.4. The maximum Gasteiger partial charge on any atom is 0.263 e. The maximum absolute atomic E-state index is 14.2. The van der Waals surface area contributed by atoms with E-state index in [1.165, 1.54) is 4.90 Å². The highest BCUT2D eigenvalue weighted by Crippen LogP contribution is 2.51. The van der Waals surface area contributed by atoms with Gasteiger partial charge in [-0.05, 0) is 93.1 Å². The zero-order valence-electron chi connectivity index (χ0n) is 43.9. The Morgan fingerprint density at radius 1 is 0.840 bits per heavy atom. The topological polar surface area (TPSA) is 182 Å². The van der Waals surface area contributed by atoms with Crippen molar-refractivity contribution < 1.29 is 37.6 Å². The van der Waals surface area contributed by atoms with Crippen LogP contribution in [0.3, 0.4) is 0 Å². The van der Waals surface area contributed by atoms with E-state index in [4.69, 9.17) is 33.0 Å². The first-order valence-corrected chi connectivity index (χ1v) is 26.6. The quantitative estimate of drug-likeness (QED) is 0.0204. The Morgan fingerprint density at radius 3 is 2.01 bits per heavy atom. The van der Waals surface area contributed by atoms with Crippen molar-refractivity contribution in [3.63, 3.8) is 0 Å². The Balaban J connectivity index is 1.19. The van der Waals surface area contributed by atoms with Gasteiger partial charge in [0.1, 0.15) is 29.4 Å². The molecule has 1 unspecified atom stereocenters. The van der Waals surface area contributed by atoms with Crippen LogP contribution in [-0.2, 0) is 24.1 Å². The molecule has 6 aromatic rings. The van der Waals surface area contributed by atoms with Gasteiger partial charge in [0.05, 0.1) is 68.1 Å². The van der Waals surface area contributed by atoms with Crippen molar-refractivity contribution in [1.82, 2.24) is 24.1 Å². The van der Waals surface area contributed by atoms with Gasteiger partial charge in [-0.15, -0.1) is 0 Å². The van der Waals surface area contributed by atoms with E-state index in [-0.39, 0.29) is 66.9 Å². The number of hydrogen-bond acceptors (Lipinski definition) is 13. The molecule has 0 aliphatic carbocycles. The maximum atomic E-state index is 14.2. The molecule has 16 nitrogen and oxygen atoms in total. The summed E-state index contributed by atoms with van der Waals surface area (Å²) in [7, 11) is 1.52. The Morgan fingerprint density at radius 2 is 1.44 bits per heavy atom. The van der Waals surface area contributed by atoms with Gasteiger partial charge in [0.25, 0.3) is 25.9 Å². The van der Waals surface area contributed by atoms with E-state index in [1.54, 1.807) is 44.7 Å². The number of aromatic nitrogens is 3. The monoisotopic (exact) mass is 1040 g/mol. The summed E-state index contributed by atoms with van der Waals surface area (Å²) >= 11 is 0. The molecule has 0 bridgehead atoms. The third-order valence-electron chi connectivity index (χ3n) is 13.2. The van der Waals surface area contributed by atoms with Crippen molar-refractivity contribution in [3.05, 3.63) is 153 Å². The number of imide groups is 1. The van der Waals surface area contributed by atoms with Gasteiger partial charge in [-0.3, -0.25) is 24.3 Å². The van der Waals surface area contributed by atoms with E-state index in [0.717, 1.165) is 16.7 Å². The molecule has 0 saturated carbocycles. The molecule has 4 heterocycles. The van der Waals surface area contributed by atoms with Crippen LogP contribution in [0.5, 0.6) is 11.5 Å². The van der Waals surface area contributed by atoms with Gasteiger partial charge in [-0.2, -0.15) is 10.2 Å². The van der Waals surface area contributed by atoms with Crippen molar-refractivity contribution in [2.24, 2.45) is 5.92 Å². The highest BCUT2D eigenvalue weighted by molar-refractivity contribution is 7.44. The molecule has 2 aromatic heterocycles. The molecule has 4 atom stereocenters. The van der Waals surface area contributed by atoms with Gasteiger partial charge < -0.3 is 37.9 Å². The summed E-state index contributed by atoms with van der Waals surface area (Å²) in [5.74, 6) is 7.74. The normalized spacial score (nSPS) is 16.9. The Labute approximate surface area is 440 Å². The van der Waals surface area contributed by atoms with Crippen LogP contribution in [-0.4, -0.2) is 101 Å². The van der Waals surface area contributed by atoms with Crippen LogP contribution in [0, 0.1) is 29.1 Å². The van der Waals surface area contributed by atoms with Crippen LogP contribution in [0.2, 0.25) is 0 Å². The van der Waals surface area contributed by atoms with Gasteiger partial charge in [-0.1, -0.05) is 92.4 Å². The molecule has 17 heteroatoms. The summed E-state index contributed by atoms with van der Waals surface area (Å²) in [6.07, 6.45) is 0.945. The van der Waals surface area contributed by atoms with Crippen LogP contribution < -0.4 is 20.3 Å². The molecular weight excluding hydrogens is 970 g/mol. The first-order valence-electron chi connectivity index (χ1n) is 25.5. The van der Waals surface area contributed by atoms with E-state index in [1.807, 2.05) is 83.4 Å². The second kappa shape index (κ2) is 24.6. The van der Waals surface area contributed by atoms with E-state index < -0.39 is 32.6 Å². The number of rotatable bonds is 23. The van der Waals surface area contributed by atoms with E-state index in [2.05, 4.69) is 74.4 Å². The fourth-order valence-corrected chi connectivity index (χ4v) is 11.4. The number of unbranched alkanes of at least 4 members (excludes halogenated alkanes) is 1. The molecule has 1 saturated heterocycles. The van der Waals surface area contributed by atoms with Crippen LogP contribution in [0.15, 0.2) is 114 Å². The van der Waals surface area contributed by atoms with E-state index in [0.29, 0.717) is 65.6 Å². The van der Waals surface area contributed by atoms with Crippen LogP contribution >= 0.6 is 8.53 Å². The second-order valence-electron chi connectivity index (χ2n) is 19.4. The predicted molar refractivity (Wildman–Crippen MR) is 288 cm³/mol. The molecule has 2 amide bonds. The van der Waals surface area contributed by atoms with E-state index >= 15 is 0 Å². The standard InChI is InChI=1S/C58H66N7O9P/c1-38(2)35-60-57-61-53-52(54(66)62-57)41(18-11-10-16-32-63-55(67)47-21-14-15-22-48(47)56(63)68)36-64(53)51-34-49(74-75(72-33-17-31-59)65(39(3)4)40(5)6)50(73-51)37-71-58(42-19-12-9-13-20-42,43-23-27-45(69-7)28-24-43)44-25-29-46(70-8)30-26-44/h9,12-15,19-30,36,38-40,49-51H,10,16-17,32-35,37H2,1-8H3,(H2,60,61,62,66)/t49-,50+,51+,75?/m0/s1. The molecule has 2 N–H and O–H groups in total. The zero-order valence-corrected chi connectivity index (χ0v) is 44.8. The average molecular weight is 1040 g/mol. The number of aromatic amines is 1. The van der Waals surface area contributed by atoms with Crippen molar-refractivity contribution in [2.45, 2.75) is 103 Å². The minimum absolute atomic E-state index is 0.0209. The molecule has 0 spiro atoms. The third-order valence-corrected chi connectivity index (χ3v) is 15.3. The number of nitrogens with zero attached hydrogens (tertiary/aromatic N) is 5. The summed E-state index contributed by atoms with van der Waals surface area (Å²) < 4.78 is 43.6. The van der Waals surface area contributed by atoms with Gasteiger partial charge in [0, 0.05) is 44.2 Å². The third kappa shape index (κ3) is 12.0. The largest absolute Gasteiger partial charge is 0.497 e. The SMILES string of the molecule is COc1ccc(C(OC[C@H]2O[C@@H](n3cc(C#CCCCN4C(=O)c5ccccc5C4=O)c4c(=O)[nH]c(NCC(C)C)nc43)C[C@@H]2OP(OCCC#N)N(C(C)C)C(C)C)(c2ccccc2)c2ccc(OC)cc2)cc1. The minimum Gasteiger partial charge on any atom is -0.497 e. The molecule has 2 aliphatic heterocycles. The number of anilines is 1. The molecule has 8 rings (SSSR count).